The van der Waals surface area contributed by atoms with Crippen molar-refractivity contribution >= 4 is 34.6 Å². The molecule has 0 amide bonds. The maximum Gasteiger partial charge on any atom is 0.170 e. The van der Waals surface area contributed by atoms with Crippen LogP contribution in [-0.4, -0.2) is 18.8 Å². The van der Waals surface area contributed by atoms with Crippen LogP contribution < -0.4 is 15.4 Å². The van der Waals surface area contributed by atoms with Crippen molar-refractivity contribution in [1.82, 2.24) is 5.32 Å². The zero-order valence-corrected chi connectivity index (χ0v) is 11.6. The number of rotatable bonds is 5. The molecule has 0 radical (unpaired) electrons. The van der Waals surface area contributed by atoms with Crippen LogP contribution in [0.2, 0.25) is 5.02 Å². The van der Waals surface area contributed by atoms with Gasteiger partial charge in [-0.05, 0) is 30.8 Å². The summed E-state index contributed by atoms with van der Waals surface area (Å²) in [5.74, 6) is 0.632. The maximum absolute atomic E-state index is 5.93. The van der Waals surface area contributed by atoms with Crippen LogP contribution in [0, 0.1) is 0 Å². The van der Waals surface area contributed by atoms with Gasteiger partial charge in [0.25, 0.3) is 0 Å². The monoisotopic (exact) mass is 272 g/mol. The van der Waals surface area contributed by atoms with Gasteiger partial charge in [-0.1, -0.05) is 24.9 Å². The van der Waals surface area contributed by atoms with Crippen LogP contribution in [0.5, 0.6) is 5.75 Å². The molecule has 0 aliphatic rings. The van der Waals surface area contributed by atoms with E-state index in [1.165, 1.54) is 0 Å². The first-order valence-electron chi connectivity index (χ1n) is 5.55. The SMILES string of the molecule is CCCCNC(=S)Nc1ccc(Cl)c(OC)c1. The standard InChI is InChI=1S/C12H17ClN2OS/c1-3-4-7-14-12(17)15-9-5-6-10(13)11(8-9)16-2/h5-6,8H,3-4,7H2,1-2H3,(H2,14,15,17). The average Bonchev–Trinajstić information content (AvgIpc) is 2.32. The Balaban J connectivity index is 2.53. The number of hydrogen-bond acceptors (Lipinski definition) is 2. The molecule has 0 aromatic heterocycles. The number of benzene rings is 1. The second-order valence-corrected chi connectivity index (χ2v) is 4.40. The van der Waals surface area contributed by atoms with Crippen LogP contribution in [0.4, 0.5) is 5.69 Å². The zero-order chi connectivity index (χ0) is 12.7. The first kappa shape index (κ1) is 14.1. The van der Waals surface area contributed by atoms with E-state index < -0.39 is 0 Å². The van der Waals surface area contributed by atoms with Gasteiger partial charge in [0, 0.05) is 18.3 Å². The largest absolute Gasteiger partial charge is 0.495 e. The molecule has 1 aromatic carbocycles. The summed E-state index contributed by atoms with van der Waals surface area (Å²) in [6.45, 7) is 3.02. The van der Waals surface area contributed by atoms with Crippen molar-refractivity contribution in [3.8, 4) is 5.75 Å². The Morgan fingerprint density at radius 2 is 2.24 bits per heavy atom. The number of halogens is 1. The van der Waals surface area contributed by atoms with E-state index in [9.17, 15) is 0 Å². The topological polar surface area (TPSA) is 33.3 Å². The van der Waals surface area contributed by atoms with Gasteiger partial charge in [-0.2, -0.15) is 0 Å². The maximum atomic E-state index is 5.93. The first-order valence-corrected chi connectivity index (χ1v) is 6.34. The van der Waals surface area contributed by atoms with Crippen LogP contribution in [0.15, 0.2) is 18.2 Å². The van der Waals surface area contributed by atoms with E-state index in [4.69, 9.17) is 28.6 Å². The highest BCUT2D eigenvalue weighted by Crippen LogP contribution is 2.27. The van der Waals surface area contributed by atoms with E-state index in [0.717, 1.165) is 25.1 Å². The molecule has 1 aromatic rings. The summed E-state index contributed by atoms with van der Waals surface area (Å²) in [7, 11) is 1.59. The van der Waals surface area contributed by atoms with E-state index >= 15 is 0 Å². The van der Waals surface area contributed by atoms with E-state index in [2.05, 4.69) is 17.6 Å². The van der Waals surface area contributed by atoms with Crippen LogP contribution in [-0.2, 0) is 0 Å². The summed E-state index contributed by atoms with van der Waals surface area (Å²) in [5, 5.41) is 7.41. The van der Waals surface area contributed by atoms with E-state index in [-0.39, 0.29) is 0 Å². The number of hydrogen-bond donors (Lipinski definition) is 2. The van der Waals surface area contributed by atoms with Gasteiger partial charge in [-0.25, -0.2) is 0 Å². The molecule has 0 saturated heterocycles. The molecule has 0 unspecified atom stereocenters. The van der Waals surface area contributed by atoms with Gasteiger partial charge in [-0.15, -0.1) is 0 Å². The number of nitrogens with one attached hydrogen (secondary N) is 2. The summed E-state index contributed by atoms with van der Waals surface area (Å²) < 4.78 is 5.13. The van der Waals surface area contributed by atoms with Crippen molar-refractivity contribution in [1.29, 1.82) is 0 Å². The predicted octanol–water partition coefficient (Wildman–Crippen LogP) is 3.44. The lowest BCUT2D eigenvalue weighted by Gasteiger charge is -2.11. The summed E-state index contributed by atoms with van der Waals surface area (Å²) in [6, 6.07) is 5.45. The molecule has 0 aliphatic heterocycles. The quantitative estimate of drug-likeness (QED) is 0.636. The zero-order valence-electron chi connectivity index (χ0n) is 10.0. The number of ether oxygens (including phenoxy) is 1. The molecule has 5 heteroatoms. The van der Waals surface area contributed by atoms with E-state index in [1.807, 2.05) is 12.1 Å². The van der Waals surface area contributed by atoms with Crippen molar-refractivity contribution in [2.45, 2.75) is 19.8 Å². The Morgan fingerprint density at radius 1 is 1.47 bits per heavy atom. The van der Waals surface area contributed by atoms with Gasteiger partial charge in [0.15, 0.2) is 5.11 Å². The minimum atomic E-state index is 0.586. The second-order valence-electron chi connectivity index (χ2n) is 3.58. The highest BCUT2D eigenvalue weighted by atomic mass is 35.5. The summed E-state index contributed by atoms with van der Waals surface area (Å²) in [6.07, 6.45) is 2.25. The van der Waals surface area contributed by atoms with Gasteiger partial charge in [-0.3, -0.25) is 0 Å². The van der Waals surface area contributed by atoms with Crippen LogP contribution in [0.3, 0.4) is 0 Å². The van der Waals surface area contributed by atoms with Gasteiger partial charge in [0.05, 0.1) is 12.1 Å². The number of unbranched alkanes of at least 4 members (excludes halogenated alkanes) is 1. The van der Waals surface area contributed by atoms with Crippen LogP contribution in [0.25, 0.3) is 0 Å². The van der Waals surface area contributed by atoms with Gasteiger partial charge in [0.2, 0.25) is 0 Å². The smallest absolute Gasteiger partial charge is 0.170 e. The molecule has 17 heavy (non-hydrogen) atoms. The number of anilines is 1. The van der Waals surface area contributed by atoms with E-state index in [0.29, 0.717) is 15.9 Å². The van der Waals surface area contributed by atoms with E-state index in [1.54, 1.807) is 13.2 Å². The lowest BCUT2D eigenvalue weighted by Crippen LogP contribution is -2.29. The average molecular weight is 273 g/mol. The van der Waals surface area contributed by atoms with Gasteiger partial charge < -0.3 is 15.4 Å². The number of methoxy groups -OCH3 is 1. The van der Waals surface area contributed by atoms with Crippen LogP contribution in [0.1, 0.15) is 19.8 Å². The summed E-state index contributed by atoms with van der Waals surface area (Å²) >= 11 is 11.1. The van der Waals surface area contributed by atoms with Crippen molar-refractivity contribution in [2.24, 2.45) is 0 Å². The molecule has 1 rings (SSSR count). The number of thiocarbonyl (C=S) groups is 1. The Kier molecular flexibility index (Phi) is 6.08. The molecule has 0 heterocycles. The normalized spacial score (nSPS) is 9.82. The third-order valence-corrected chi connectivity index (χ3v) is 2.78. The van der Waals surface area contributed by atoms with Gasteiger partial charge in [0.1, 0.15) is 5.75 Å². The Bertz CT molecular complexity index is 385. The predicted molar refractivity (Wildman–Crippen MR) is 77.1 cm³/mol. The Morgan fingerprint density at radius 3 is 2.88 bits per heavy atom. The molecule has 3 nitrogen and oxygen atoms in total. The fourth-order valence-corrected chi connectivity index (χ4v) is 1.71. The second kappa shape index (κ2) is 7.35. The molecule has 0 saturated carbocycles. The van der Waals surface area contributed by atoms with Crippen molar-refractivity contribution in [2.75, 3.05) is 19.0 Å². The fraction of sp³-hybridized carbons (Fsp3) is 0.417. The Labute approximate surface area is 112 Å². The molecule has 2 N–H and O–H groups in total. The lowest BCUT2D eigenvalue weighted by atomic mass is 10.3. The van der Waals surface area contributed by atoms with Crippen molar-refractivity contribution < 1.29 is 4.74 Å². The molecule has 94 valence electrons. The molecular weight excluding hydrogens is 256 g/mol. The third-order valence-electron chi connectivity index (χ3n) is 2.22. The minimum absolute atomic E-state index is 0.586. The highest BCUT2D eigenvalue weighted by molar-refractivity contribution is 7.80. The molecular formula is C12H17ClN2OS. The van der Waals surface area contributed by atoms with Crippen LogP contribution >= 0.6 is 23.8 Å². The molecule has 0 bridgehead atoms. The third kappa shape index (κ3) is 4.79. The molecule has 0 spiro atoms. The molecule has 0 fully saturated rings. The fourth-order valence-electron chi connectivity index (χ4n) is 1.29. The highest BCUT2D eigenvalue weighted by Gasteiger charge is 2.03. The molecule has 0 aliphatic carbocycles. The first-order chi connectivity index (χ1) is 8.17. The lowest BCUT2D eigenvalue weighted by molar-refractivity contribution is 0.415. The minimum Gasteiger partial charge on any atom is -0.495 e. The summed E-state index contributed by atoms with van der Waals surface area (Å²) in [4.78, 5) is 0. The van der Waals surface area contributed by atoms with Gasteiger partial charge >= 0.3 is 0 Å². The molecule has 0 atom stereocenters. The van der Waals surface area contributed by atoms with Crippen molar-refractivity contribution in [3.05, 3.63) is 23.2 Å². The van der Waals surface area contributed by atoms with Crippen molar-refractivity contribution in [3.63, 3.8) is 0 Å². The Hall–Kier alpha value is -1.00. The summed E-state index contributed by atoms with van der Waals surface area (Å²) in [5.41, 5.74) is 0.861.